The molecule has 7 heteroatoms. The number of ether oxygens (including phenoxy) is 1. The standard InChI is InChI=1S/C15H32N4O2.HI/c1-4-16-15(17-7-11-20)18-14-5-8-19(9-6-14)10-12-21-13(2)3;/h13-14,20H,4-12H2,1-3H3,(H2,16,17,18);1H. The van der Waals surface area contributed by atoms with Crippen LogP contribution in [-0.4, -0.2) is 74.0 Å². The van der Waals surface area contributed by atoms with Crippen molar-refractivity contribution < 1.29 is 9.84 Å². The maximum Gasteiger partial charge on any atom is 0.191 e. The molecule has 0 aromatic rings. The normalized spacial score (nSPS) is 17.4. The first-order valence-corrected chi connectivity index (χ1v) is 8.15. The highest BCUT2D eigenvalue weighted by Crippen LogP contribution is 2.10. The van der Waals surface area contributed by atoms with E-state index in [4.69, 9.17) is 9.84 Å². The smallest absolute Gasteiger partial charge is 0.191 e. The lowest BCUT2D eigenvalue weighted by Crippen LogP contribution is -2.49. The average molecular weight is 428 g/mol. The Morgan fingerprint density at radius 3 is 2.59 bits per heavy atom. The highest BCUT2D eigenvalue weighted by molar-refractivity contribution is 14.0. The predicted octanol–water partition coefficient (Wildman–Crippen LogP) is 1.04. The Bertz CT molecular complexity index is 295. The molecule has 1 saturated heterocycles. The van der Waals surface area contributed by atoms with Crippen molar-refractivity contribution in [2.45, 2.75) is 45.8 Å². The lowest BCUT2D eigenvalue weighted by molar-refractivity contribution is 0.0532. The molecule has 0 aromatic carbocycles. The minimum atomic E-state index is 0. The molecule has 6 nitrogen and oxygen atoms in total. The topological polar surface area (TPSA) is 69.1 Å². The van der Waals surface area contributed by atoms with E-state index in [1.807, 2.05) is 6.92 Å². The maximum absolute atomic E-state index is 8.86. The first-order valence-electron chi connectivity index (χ1n) is 8.15. The fraction of sp³-hybridized carbons (Fsp3) is 0.933. The molecule has 1 rings (SSSR count). The number of guanidine groups is 1. The number of aliphatic hydroxyl groups excluding tert-OH is 1. The molecule has 0 spiro atoms. The van der Waals surface area contributed by atoms with Gasteiger partial charge in [0.2, 0.25) is 0 Å². The fourth-order valence-electron chi connectivity index (χ4n) is 2.39. The van der Waals surface area contributed by atoms with Crippen molar-refractivity contribution in [3.8, 4) is 0 Å². The first kappa shape index (κ1) is 21.9. The Hall–Kier alpha value is -0.120. The second-order valence-electron chi connectivity index (χ2n) is 5.66. The van der Waals surface area contributed by atoms with Crippen molar-refractivity contribution in [1.29, 1.82) is 0 Å². The summed E-state index contributed by atoms with van der Waals surface area (Å²) in [6.07, 6.45) is 2.55. The molecule has 1 fully saturated rings. The van der Waals surface area contributed by atoms with Gasteiger partial charge in [-0.1, -0.05) is 0 Å². The Labute approximate surface area is 152 Å². The highest BCUT2D eigenvalue weighted by Gasteiger charge is 2.19. The Morgan fingerprint density at radius 1 is 1.36 bits per heavy atom. The van der Waals surface area contributed by atoms with E-state index in [-0.39, 0.29) is 30.6 Å². The van der Waals surface area contributed by atoms with E-state index in [1.165, 1.54) is 0 Å². The summed E-state index contributed by atoms with van der Waals surface area (Å²) in [4.78, 5) is 6.78. The van der Waals surface area contributed by atoms with Crippen molar-refractivity contribution in [1.82, 2.24) is 15.5 Å². The molecule has 1 aliphatic heterocycles. The second kappa shape index (κ2) is 13.3. The van der Waals surface area contributed by atoms with Crippen LogP contribution in [0.2, 0.25) is 0 Å². The summed E-state index contributed by atoms with van der Waals surface area (Å²) in [7, 11) is 0. The molecule has 1 aliphatic rings. The molecule has 0 amide bonds. The Kier molecular flexibility index (Phi) is 13.3. The molecule has 0 aliphatic carbocycles. The highest BCUT2D eigenvalue weighted by atomic mass is 127. The third-order valence-corrected chi connectivity index (χ3v) is 3.50. The van der Waals surface area contributed by atoms with E-state index in [0.717, 1.165) is 51.6 Å². The van der Waals surface area contributed by atoms with Crippen LogP contribution in [0.1, 0.15) is 33.6 Å². The molecule has 0 aromatic heterocycles. The minimum Gasteiger partial charge on any atom is -0.394 e. The molecule has 22 heavy (non-hydrogen) atoms. The third kappa shape index (κ3) is 9.81. The zero-order chi connectivity index (χ0) is 15.5. The van der Waals surface area contributed by atoms with Crippen LogP contribution in [-0.2, 0) is 4.74 Å². The van der Waals surface area contributed by atoms with Crippen molar-refractivity contribution in [3.05, 3.63) is 0 Å². The van der Waals surface area contributed by atoms with E-state index in [2.05, 4.69) is 34.4 Å². The SMILES string of the molecule is CCNC(=NCCO)NC1CCN(CCOC(C)C)CC1.I. The lowest BCUT2D eigenvalue weighted by atomic mass is 10.1. The minimum absolute atomic E-state index is 0. The molecular weight excluding hydrogens is 395 g/mol. The Morgan fingerprint density at radius 2 is 2.05 bits per heavy atom. The van der Waals surface area contributed by atoms with Gasteiger partial charge in [0.15, 0.2) is 5.96 Å². The molecule has 132 valence electrons. The quantitative estimate of drug-likeness (QED) is 0.306. The number of hydrogen-bond donors (Lipinski definition) is 3. The monoisotopic (exact) mass is 428 g/mol. The van der Waals surface area contributed by atoms with Gasteiger partial charge in [0.05, 0.1) is 25.9 Å². The van der Waals surface area contributed by atoms with Crippen LogP contribution in [0, 0.1) is 0 Å². The summed E-state index contributed by atoms with van der Waals surface area (Å²) in [5.74, 6) is 0.813. The molecule has 0 radical (unpaired) electrons. The molecule has 0 unspecified atom stereocenters. The number of aliphatic imine (C=N–C) groups is 1. The maximum atomic E-state index is 8.86. The van der Waals surface area contributed by atoms with Crippen LogP contribution in [0.25, 0.3) is 0 Å². The van der Waals surface area contributed by atoms with Gasteiger partial charge in [0.25, 0.3) is 0 Å². The summed E-state index contributed by atoms with van der Waals surface area (Å²) in [6, 6.07) is 0.462. The third-order valence-electron chi connectivity index (χ3n) is 3.50. The number of aliphatic hydroxyl groups is 1. The van der Waals surface area contributed by atoms with Crippen LogP contribution in [0.5, 0.6) is 0 Å². The van der Waals surface area contributed by atoms with E-state index < -0.39 is 0 Å². The summed E-state index contributed by atoms with van der Waals surface area (Å²) >= 11 is 0. The van der Waals surface area contributed by atoms with Crippen molar-refractivity contribution in [3.63, 3.8) is 0 Å². The van der Waals surface area contributed by atoms with Gasteiger partial charge < -0.3 is 25.4 Å². The summed E-state index contributed by atoms with van der Waals surface area (Å²) in [6.45, 7) is 11.6. The van der Waals surface area contributed by atoms with Crippen LogP contribution >= 0.6 is 24.0 Å². The van der Waals surface area contributed by atoms with E-state index in [9.17, 15) is 0 Å². The van der Waals surface area contributed by atoms with Gasteiger partial charge in [0.1, 0.15) is 0 Å². The van der Waals surface area contributed by atoms with Gasteiger partial charge in [0, 0.05) is 32.2 Å². The van der Waals surface area contributed by atoms with Crippen molar-refractivity contribution in [2.75, 3.05) is 45.9 Å². The van der Waals surface area contributed by atoms with Gasteiger partial charge >= 0.3 is 0 Å². The zero-order valence-corrected chi connectivity index (χ0v) is 16.5. The largest absolute Gasteiger partial charge is 0.394 e. The van der Waals surface area contributed by atoms with Crippen LogP contribution in [0.4, 0.5) is 0 Å². The van der Waals surface area contributed by atoms with Crippen LogP contribution in [0.3, 0.4) is 0 Å². The van der Waals surface area contributed by atoms with Crippen LogP contribution < -0.4 is 10.6 Å². The van der Waals surface area contributed by atoms with Gasteiger partial charge in [-0.15, -0.1) is 24.0 Å². The van der Waals surface area contributed by atoms with E-state index in [1.54, 1.807) is 0 Å². The zero-order valence-electron chi connectivity index (χ0n) is 14.2. The average Bonchev–Trinajstić information content (AvgIpc) is 2.46. The molecule has 0 saturated carbocycles. The molecular formula is C15H33IN4O2. The fourth-order valence-corrected chi connectivity index (χ4v) is 2.39. The number of likely N-dealkylation sites (tertiary alicyclic amines) is 1. The van der Waals surface area contributed by atoms with Gasteiger partial charge in [-0.25, -0.2) is 0 Å². The number of halogens is 1. The molecule has 3 N–H and O–H groups in total. The first-order chi connectivity index (χ1) is 10.2. The number of rotatable bonds is 8. The lowest BCUT2D eigenvalue weighted by Gasteiger charge is -2.33. The second-order valence-corrected chi connectivity index (χ2v) is 5.66. The molecule has 0 bridgehead atoms. The van der Waals surface area contributed by atoms with E-state index >= 15 is 0 Å². The molecule has 1 heterocycles. The van der Waals surface area contributed by atoms with E-state index in [0.29, 0.717) is 18.7 Å². The number of piperidine rings is 1. The van der Waals surface area contributed by atoms with Gasteiger partial charge in [-0.05, 0) is 33.6 Å². The van der Waals surface area contributed by atoms with Gasteiger partial charge in [-0.2, -0.15) is 0 Å². The number of nitrogens with zero attached hydrogens (tertiary/aromatic N) is 2. The summed E-state index contributed by atoms with van der Waals surface area (Å²) < 4.78 is 5.60. The summed E-state index contributed by atoms with van der Waals surface area (Å²) in [5, 5.41) is 15.5. The summed E-state index contributed by atoms with van der Waals surface area (Å²) in [5.41, 5.74) is 0. The molecule has 0 atom stereocenters. The number of nitrogens with one attached hydrogen (secondary N) is 2. The number of hydrogen-bond acceptors (Lipinski definition) is 4. The Balaban J connectivity index is 0.00000441. The van der Waals surface area contributed by atoms with Crippen LogP contribution in [0.15, 0.2) is 4.99 Å². The predicted molar refractivity (Wildman–Crippen MR) is 102 cm³/mol. The van der Waals surface area contributed by atoms with Crippen molar-refractivity contribution in [2.24, 2.45) is 4.99 Å². The van der Waals surface area contributed by atoms with Crippen molar-refractivity contribution >= 4 is 29.9 Å². The van der Waals surface area contributed by atoms with Gasteiger partial charge in [-0.3, -0.25) is 4.99 Å².